The maximum Gasteiger partial charge on any atom is 0.233 e. The standard InChI is InChI=1S/C25H31N5O2S/c1-16(2)18-11-13-20(14-12-18)32-15-23-28-29-25(30(23)26)33-17(3)24(31)27-22-10-6-8-19-7-4-5-9-21(19)22/h4-5,7,9,11-14,16-17,22H,6,8,10,15,26H2,1-3H3,(H,27,31)/t17-,22-/m1/s1. The molecule has 0 fully saturated rings. The van der Waals surface area contributed by atoms with E-state index in [1.54, 1.807) is 0 Å². The first kappa shape index (κ1) is 23.2. The molecule has 2 aromatic carbocycles. The van der Waals surface area contributed by atoms with Gasteiger partial charge in [-0.15, -0.1) is 10.2 Å². The summed E-state index contributed by atoms with van der Waals surface area (Å²) < 4.78 is 7.21. The molecular weight excluding hydrogens is 434 g/mol. The fraction of sp³-hybridized carbons (Fsp3) is 0.400. The minimum Gasteiger partial charge on any atom is -0.486 e. The van der Waals surface area contributed by atoms with Gasteiger partial charge in [0.15, 0.2) is 5.82 Å². The molecule has 0 unspecified atom stereocenters. The van der Waals surface area contributed by atoms with Gasteiger partial charge < -0.3 is 15.9 Å². The van der Waals surface area contributed by atoms with Crippen LogP contribution in [0.3, 0.4) is 0 Å². The Morgan fingerprint density at radius 1 is 1.18 bits per heavy atom. The van der Waals surface area contributed by atoms with Crippen molar-refractivity contribution in [1.29, 1.82) is 0 Å². The van der Waals surface area contributed by atoms with Gasteiger partial charge in [-0.1, -0.05) is 62.0 Å². The highest BCUT2D eigenvalue weighted by Gasteiger charge is 2.25. The number of carbonyl (C=O) groups excluding carboxylic acids is 1. The van der Waals surface area contributed by atoms with E-state index in [-0.39, 0.29) is 23.8 Å². The maximum absolute atomic E-state index is 12.9. The zero-order valence-electron chi connectivity index (χ0n) is 19.3. The molecule has 174 valence electrons. The molecular formula is C25H31N5O2S. The highest BCUT2D eigenvalue weighted by Crippen LogP contribution is 2.30. The lowest BCUT2D eigenvalue weighted by molar-refractivity contribution is -0.121. The summed E-state index contributed by atoms with van der Waals surface area (Å²) >= 11 is 1.29. The molecule has 0 saturated carbocycles. The second kappa shape index (κ2) is 10.3. The predicted molar refractivity (Wildman–Crippen MR) is 131 cm³/mol. The molecule has 7 nitrogen and oxygen atoms in total. The Balaban J connectivity index is 1.33. The molecule has 0 radical (unpaired) electrons. The van der Waals surface area contributed by atoms with Gasteiger partial charge in [0.2, 0.25) is 11.1 Å². The fourth-order valence-electron chi connectivity index (χ4n) is 3.99. The van der Waals surface area contributed by atoms with Crippen LogP contribution in [-0.2, 0) is 17.8 Å². The van der Waals surface area contributed by atoms with Crippen molar-refractivity contribution in [1.82, 2.24) is 20.2 Å². The van der Waals surface area contributed by atoms with E-state index in [1.807, 2.05) is 25.1 Å². The van der Waals surface area contributed by atoms with Crippen molar-refractivity contribution in [2.75, 3.05) is 5.84 Å². The van der Waals surface area contributed by atoms with Crippen LogP contribution in [-0.4, -0.2) is 26.0 Å². The van der Waals surface area contributed by atoms with Crippen LogP contribution < -0.4 is 15.9 Å². The van der Waals surface area contributed by atoms with E-state index in [0.717, 1.165) is 25.0 Å². The zero-order valence-corrected chi connectivity index (χ0v) is 20.1. The Bertz CT molecular complexity index is 1100. The first-order valence-electron chi connectivity index (χ1n) is 11.4. The van der Waals surface area contributed by atoms with E-state index in [1.165, 1.54) is 33.1 Å². The van der Waals surface area contributed by atoms with Crippen LogP contribution in [0.1, 0.15) is 68.1 Å². The molecule has 3 N–H and O–H groups in total. The number of amides is 1. The maximum atomic E-state index is 12.9. The van der Waals surface area contributed by atoms with Gasteiger partial charge in [0.1, 0.15) is 12.4 Å². The summed E-state index contributed by atoms with van der Waals surface area (Å²) in [6.45, 7) is 6.36. The number of hydrogen-bond donors (Lipinski definition) is 2. The lowest BCUT2D eigenvalue weighted by atomic mass is 9.88. The molecule has 1 heterocycles. The summed E-state index contributed by atoms with van der Waals surface area (Å²) in [5.41, 5.74) is 3.80. The van der Waals surface area contributed by atoms with Crippen molar-refractivity contribution in [2.45, 2.75) is 69.0 Å². The molecule has 33 heavy (non-hydrogen) atoms. The molecule has 4 rings (SSSR count). The predicted octanol–water partition coefficient (Wildman–Crippen LogP) is 4.37. The number of nitrogens with two attached hydrogens (primary N) is 1. The highest BCUT2D eigenvalue weighted by molar-refractivity contribution is 8.00. The Labute approximate surface area is 199 Å². The van der Waals surface area contributed by atoms with Crippen molar-refractivity contribution in [3.63, 3.8) is 0 Å². The second-order valence-corrected chi connectivity index (χ2v) is 10.0. The molecule has 1 aliphatic rings. The number of aromatic nitrogens is 3. The van der Waals surface area contributed by atoms with Crippen molar-refractivity contribution in [2.24, 2.45) is 0 Å². The molecule has 0 spiro atoms. The fourth-order valence-corrected chi connectivity index (χ4v) is 4.79. The quantitative estimate of drug-likeness (QED) is 0.379. The third kappa shape index (κ3) is 5.50. The van der Waals surface area contributed by atoms with Crippen LogP contribution in [0, 0.1) is 0 Å². The Hall–Kier alpha value is -3.00. The minimum atomic E-state index is -0.358. The molecule has 1 amide bonds. The third-order valence-corrected chi connectivity index (χ3v) is 7.04. The van der Waals surface area contributed by atoms with Crippen LogP contribution in [0.5, 0.6) is 5.75 Å². The number of nitrogen functional groups attached to an aromatic ring is 1. The van der Waals surface area contributed by atoms with Gasteiger partial charge in [-0.2, -0.15) is 0 Å². The van der Waals surface area contributed by atoms with Crippen molar-refractivity contribution >= 4 is 17.7 Å². The number of carbonyl (C=O) groups is 1. The summed E-state index contributed by atoms with van der Waals surface area (Å²) in [6.07, 6.45) is 3.09. The SMILES string of the molecule is CC(C)c1ccc(OCc2nnc(S[C@H](C)C(=O)N[C@@H]3CCCc4ccccc43)n2N)cc1. The molecule has 1 aliphatic carbocycles. The van der Waals surface area contributed by atoms with Crippen LogP contribution in [0.2, 0.25) is 0 Å². The number of nitrogens with one attached hydrogen (secondary N) is 1. The van der Waals surface area contributed by atoms with E-state index >= 15 is 0 Å². The Morgan fingerprint density at radius 2 is 1.94 bits per heavy atom. The van der Waals surface area contributed by atoms with E-state index in [9.17, 15) is 4.79 Å². The number of aryl methyl sites for hydroxylation is 1. The smallest absolute Gasteiger partial charge is 0.233 e. The monoisotopic (exact) mass is 465 g/mol. The number of hydrogen-bond acceptors (Lipinski definition) is 6. The first-order chi connectivity index (χ1) is 15.9. The number of fused-ring (bicyclic) bond motifs is 1. The number of thioether (sulfide) groups is 1. The molecule has 3 aromatic rings. The van der Waals surface area contributed by atoms with E-state index < -0.39 is 0 Å². The Morgan fingerprint density at radius 3 is 2.70 bits per heavy atom. The Kier molecular flexibility index (Phi) is 7.23. The largest absolute Gasteiger partial charge is 0.486 e. The second-order valence-electron chi connectivity index (χ2n) is 8.69. The van der Waals surface area contributed by atoms with Gasteiger partial charge in [0, 0.05) is 0 Å². The van der Waals surface area contributed by atoms with E-state index in [0.29, 0.717) is 16.9 Å². The average molecular weight is 466 g/mol. The third-order valence-electron chi connectivity index (χ3n) is 5.99. The number of ether oxygens (including phenoxy) is 1. The zero-order chi connectivity index (χ0) is 23.4. The van der Waals surface area contributed by atoms with Gasteiger partial charge in [-0.05, 0) is 60.9 Å². The van der Waals surface area contributed by atoms with Gasteiger partial charge in [0.05, 0.1) is 11.3 Å². The van der Waals surface area contributed by atoms with Crippen LogP contribution in [0.25, 0.3) is 0 Å². The van der Waals surface area contributed by atoms with Crippen molar-refractivity contribution in [3.8, 4) is 5.75 Å². The van der Waals surface area contributed by atoms with E-state index in [4.69, 9.17) is 10.6 Å². The summed E-state index contributed by atoms with van der Waals surface area (Å²) in [6, 6.07) is 16.4. The van der Waals surface area contributed by atoms with Gasteiger partial charge in [-0.3, -0.25) is 4.79 Å². The molecule has 0 aliphatic heterocycles. The molecule has 8 heteroatoms. The average Bonchev–Trinajstić information content (AvgIpc) is 3.17. The van der Waals surface area contributed by atoms with Gasteiger partial charge in [0.25, 0.3) is 0 Å². The summed E-state index contributed by atoms with van der Waals surface area (Å²) in [5, 5.41) is 11.6. The number of rotatable bonds is 8. The van der Waals surface area contributed by atoms with Crippen LogP contribution in [0.4, 0.5) is 0 Å². The minimum absolute atomic E-state index is 0.0345. The lowest BCUT2D eigenvalue weighted by Crippen LogP contribution is -2.36. The summed E-state index contributed by atoms with van der Waals surface area (Å²) in [4.78, 5) is 12.9. The molecule has 1 aromatic heterocycles. The topological polar surface area (TPSA) is 95.1 Å². The lowest BCUT2D eigenvalue weighted by Gasteiger charge is -2.27. The molecule has 2 atom stereocenters. The number of benzene rings is 2. The summed E-state index contributed by atoms with van der Waals surface area (Å²) in [5.74, 6) is 7.87. The van der Waals surface area contributed by atoms with Crippen molar-refractivity contribution < 1.29 is 9.53 Å². The highest BCUT2D eigenvalue weighted by atomic mass is 32.2. The molecule has 0 saturated heterocycles. The van der Waals surface area contributed by atoms with Gasteiger partial charge >= 0.3 is 0 Å². The summed E-state index contributed by atoms with van der Waals surface area (Å²) in [7, 11) is 0. The number of nitrogens with zero attached hydrogens (tertiary/aromatic N) is 3. The van der Waals surface area contributed by atoms with Crippen LogP contribution in [0.15, 0.2) is 53.7 Å². The van der Waals surface area contributed by atoms with Gasteiger partial charge in [-0.25, -0.2) is 4.68 Å². The van der Waals surface area contributed by atoms with E-state index in [2.05, 4.69) is 59.7 Å². The normalized spacial score (nSPS) is 16.3. The van der Waals surface area contributed by atoms with Crippen molar-refractivity contribution in [3.05, 3.63) is 71.0 Å². The first-order valence-corrected chi connectivity index (χ1v) is 12.3. The molecule has 0 bridgehead atoms. The van der Waals surface area contributed by atoms with Crippen LogP contribution >= 0.6 is 11.8 Å².